The fourth-order valence-electron chi connectivity index (χ4n) is 1.39. The first-order valence-electron chi connectivity index (χ1n) is 5.09. The topological polar surface area (TPSA) is 24.9 Å². The molecule has 0 radical (unpaired) electrons. The zero-order valence-electron chi connectivity index (χ0n) is 8.71. The Morgan fingerprint density at radius 2 is 2.29 bits per heavy atom. The van der Waals surface area contributed by atoms with E-state index in [1.54, 1.807) is 11.3 Å². The SMILES string of the molecule is Cc1nc(C)c(C=CCNC2CC2)s1. The average Bonchev–Trinajstić information content (AvgIpc) is 2.88. The number of nitrogens with zero attached hydrogens (tertiary/aromatic N) is 1. The van der Waals surface area contributed by atoms with Crippen LogP contribution in [0.15, 0.2) is 6.08 Å². The van der Waals surface area contributed by atoms with Gasteiger partial charge in [-0.2, -0.15) is 0 Å². The molecule has 0 unspecified atom stereocenters. The molecule has 3 heteroatoms. The molecule has 1 saturated carbocycles. The molecule has 1 aromatic heterocycles. The Morgan fingerprint density at radius 1 is 1.50 bits per heavy atom. The van der Waals surface area contributed by atoms with E-state index in [4.69, 9.17) is 0 Å². The molecule has 0 aromatic carbocycles. The Bertz CT molecular complexity index is 337. The maximum absolute atomic E-state index is 4.38. The van der Waals surface area contributed by atoms with Crippen molar-refractivity contribution in [2.24, 2.45) is 0 Å². The number of thiazole rings is 1. The van der Waals surface area contributed by atoms with Gasteiger partial charge in [0.15, 0.2) is 0 Å². The first kappa shape index (κ1) is 9.87. The van der Waals surface area contributed by atoms with Crippen molar-refractivity contribution >= 4 is 17.4 Å². The highest BCUT2D eigenvalue weighted by Crippen LogP contribution is 2.19. The highest BCUT2D eigenvalue weighted by Gasteiger charge is 2.18. The molecule has 0 aliphatic heterocycles. The first-order valence-corrected chi connectivity index (χ1v) is 5.91. The molecular weight excluding hydrogens is 192 g/mol. The van der Waals surface area contributed by atoms with E-state index in [1.165, 1.54) is 17.7 Å². The fraction of sp³-hybridized carbons (Fsp3) is 0.545. The van der Waals surface area contributed by atoms with Crippen molar-refractivity contribution in [3.05, 3.63) is 21.7 Å². The van der Waals surface area contributed by atoms with Gasteiger partial charge in [0.05, 0.1) is 10.7 Å². The molecule has 0 amide bonds. The minimum Gasteiger partial charge on any atom is -0.311 e. The summed E-state index contributed by atoms with van der Waals surface area (Å²) in [6.45, 7) is 5.11. The number of aromatic nitrogens is 1. The smallest absolute Gasteiger partial charge is 0.0903 e. The highest BCUT2D eigenvalue weighted by molar-refractivity contribution is 7.12. The molecule has 14 heavy (non-hydrogen) atoms. The number of aryl methyl sites for hydroxylation is 2. The Hall–Kier alpha value is -0.670. The minimum absolute atomic E-state index is 0.795. The van der Waals surface area contributed by atoms with Gasteiger partial charge < -0.3 is 5.32 Å². The molecule has 1 aliphatic rings. The lowest BCUT2D eigenvalue weighted by Gasteiger charge is -1.94. The van der Waals surface area contributed by atoms with Gasteiger partial charge in [-0.15, -0.1) is 11.3 Å². The molecule has 76 valence electrons. The molecule has 1 fully saturated rings. The Balaban J connectivity index is 1.85. The lowest BCUT2D eigenvalue weighted by molar-refractivity contribution is 0.754. The first-order chi connectivity index (χ1) is 6.75. The van der Waals surface area contributed by atoms with Gasteiger partial charge in [-0.3, -0.25) is 0 Å². The second kappa shape index (κ2) is 4.24. The maximum Gasteiger partial charge on any atom is 0.0903 e. The molecular formula is C11H16N2S. The van der Waals surface area contributed by atoms with Crippen molar-refractivity contribution in [1.29, 1.82) is 0 Å². The van der Waals surface area contributed by atoms with Gasteiger partial charge in [-0.05, 0) is 32.8 Å². The van der Waals surface area contributed by atoms with Crippen LogP contribution in [0.25, 0.3) is 6.08 Å². The third kappa shape index (κ3) is 2.66. The third-order valence-corrected chi connectivity index (χ3v) is 3.35. The molecule has 2 rings (SSSR count). The molecule has 0 spiro atoms. The molecule has 2 nitrogen and oxygen atoms in total. The van der Waals surface area contributed by atoms with E-state index < -0.39 is 0 Å². The molecule has 0 bridgehead atoms. The van der Waals surface area contributed by atoms with Crippen LogP contribution in [0.4, 0.5) is 0 Å². The quantitative estimate of drug-likeness (QED) is 0.822. The molecule has 0 saturated heterocycles. The van der Waals surface area contributed by atoms with Crippen molar-refractivity contribution in [2.45, 2.75) is 32.7 Å². The average molecular weight is 208 g/mol. The van der Waals surface area contributed by atoms with E-state index in [0.717, 1.165) is 23.3 Å². The van der Waals surface area contributed by atoms with Crippen LogP contribution < -0.4 is 5.32 Å². The Labute approximate surface area is 89.1 Å². The van der Waals surface area contributed by atoms with Crippen LogP contribution in [0.5, 0.6) is 0 Å². The van der Waals surface area contributed by atoms with Gasteiger partial charge in [0.1, 0.15) is 0 Å². The Kier molecular flexibility index (Phi) is 2.99. The third-order valence-electron chi connectivity index (χ3n) is 2.31. The summed E-state index contributed by atoms with van der Waals surface area (Å²) in [7, 11) is 0. The standard InChI is InChI=1S/C11H16N2S/c1-8-11(14-9(2)13-8)4-3-7-12-10-5-6-10/h3-4,10,12H,5-7H2,1-2H3. The van der Waals surface area contributed by atoms with Crippen LogP contribution in [-0.2, 0) is 0 Å². The van der Waals surface area contributed by atoms with Crippen LogP contribution in [0, 0.1) is 13.8 Å². The summed E-state index contributed by atoms with van der Waals surface area (Å²) >= 11 is 1.76. The molecule has 1 heterocycles. The summed E-state index contributed by atoms with van der Waals surface area (Å²) in [4.78, 5) is 5.68. The lowest BCUT2D eigenvalue weighted by Crippen LogP contribution is -2.15. The van der Waals surface area contributed by atoms with Gasteiger partial charge in [0, 0.05) is 17.5 Å². The van der Waals surface area contributed by atoms with Crippen molar-refractivity contribution in [2.75, 3.05) is 6.54 Å². The fourth-order valence-corrected chi connectivity index (χ4v) is 2.25. The number of hydrogen-bond donors (Lipinski definition) is 1. The monoisotopic (exact) mass is 208 g/mol. The zero-order chi connectivity index (χ0) is 9.97. The summed E-state index contributed by atoms with van der Waals surface area (Å²) in [6.07, 6.45) is 7.08. The van der Waals surface area contributed by atoms with Crippen molar-refractivity contribution in [1.82, 2.24) is 10.3 Å². The van der Waals surface area contributed by atoms with E-state index >= 15 is 0 Å². The molecule has 1 aromatic rings. The van der Waals surface area contributed by atoms with Crippen molar-refractivity contribution in [3.8, 4) is 0 Å². The zero-order valence-corrected chi connectivity index (χ0v) is 9.53. The van der Waals surface area contributed by atoms with Gasteiger partial charge in [-0.25, -0.2) is 4.98 Å². The predicted octanol–water partition coefficient (Wildman–Crippen LogP) is 2.53. The summed E-state index contributed by atoms with van der Waals surface area (Å²) in [5.41, 5.74) is 1.15. The van der Waals surface area contributed by atoms with Gasteiger partial charge >= 0.3 is 0 Å². The van der Waals surface area contributed by atoms with Gasteiger partial charge in [-0.1, -0.05) is 6.08 Å². The largest absolute Gasteiger partial charge is 0.311 e. The second-order valence-electron chi connectivity index (χ2n) is 3.77. The summed E-state index contributed by atoms with van der Waals surface area (Å²) in [6, 6.07) is 0.795. The van der Waals surface area contributed by atoms with E-state index in [2.05, 4.69) is 36.3 Å². The summed E-state index contributed by atoms with van der Waals surface area (Å²) in [5.74, 6) is 0. The van der Waals surface area contributed by atoms with E-state index in [9.17, 15) is 0 Å². The van der Waals surface area contributed by atoms with Gasteiger partial charge in [0.2, 0.25) is 0 Å². The van der Waals surface area contributed by atoms with Crippen LogP contribution in [0.2, 0.25) is 0 Å². The van der Waals surface area contributed by atoms with E-state index in [0.29, 0.717) is 0 Å². The Morgan fingerprint density at radius 3 is 2.86 bits per heavy atom. The molecule has 0 atom stereocenters. The van der Waals surface area contributed by atoms with Crippen molar-refractivity contribution < 1.29 is 0 Å². The normalized spacial score (nSPS) is 16.7. The maximum atomic E-state index is 4.38. The lowest BCUT2D eigenvalue weighted by atomic mass is 10.3. The number of rotatable bonds is 4. The second-order valence-corrected chi connectivity index (χ2v) is 5.00. The number of hydrogen-bond acceptors (Lipinski definition) is 3. The molecule has 1 aliphatic carbocycles. The summed E-state index contributed by atoms with van der Waals surface area (Å²) in [5, 5.41) is 4.60. The van der Waals surface area contributed by atoms with Crippen LogP contribution >= 0.6 is 11.3 Å². The van der Waals surface area contributed by atoms with E-state index in [1.807, 2.05) is 0 Å². The highest BCUT2D eigenvalue weighted by atomic mass is 32.1. The van der Waals surface area contributed by atoms with Gasteiger partial charge in [0.25, 0.3) is 0 Å². The van der Waals surface area contributed by atoms with Crippen LogP contribution in [-0.4, -0.2) is 17.6 Å². The molecule has 1 N–H and O–H groups in total. The number of nitrogens with one attached hydrogen (secondary N) is 1. The van der Waals surface area contributed by atoms with Crippen LogP contribution in [0.1, 0.15) is 28.4 Å². The minimum atomic E-state index is 0.795. The predicted molar refractivity (Wildman–Crippen MR) is 61.6 cm³/mol. The van der Waals surface area contributed by atoms with E-state index in [-0.39, 0.29) is 0 Å². The van der Waals surface area contributed by atoms with Crippen molar-refractivity contribution in [3.63, 3.8) is 0 Å². The summed E-state index contributed by atoms with van der Waals surface area (Å²) < 4.78 is 0. The van der Waals surface area contributed by atoms with Crippen LogP contribution in [0.3, 0.4) is 0 Å².